The van der Waals surface area contributed by atoms with Gasteiger partial charge in [0.2, 0.25) is 0 Å². The van der Waals surface area contributed by atoms with Gasteiger partial charge in [0.05, 0.1) is 0 Å². The average Bonchev–Trinajstić information content (AvgIpc) is 2.77. The van der Waals surface area contributed by atoms with Crippen molar-refractivity contribution in [2.45, 2.75) is 50.2 Å². The van der Waals surface area contributed by atoms with Gasteiger partial charge in [0.1, 0.15) is 0 Å². The minimum absolute atomic E-state index is 0.116. The lowest BCUT2D eigenvalue weighted by molar-refractivity contribution is 0.270. The van der Waals surface area contributed by atoms with E-state index in [2.05, 4.69) is 16.6 Å². The third-order valence-corrected chi connectivity index (χ3v) is 7.16. The Balaban J connectivity index is 1.94. The van der Waals surface area contributed by atoms with Gasteiger partial charge in [-0.05, 0) is 31.6 Å². The zero-order chi connectivity index (χ0) is 14.8. The Hall–Kier alpha value is -0.660. The Morgan fingerprint density at radius 3 is 2.35 bits per heavy atom. The van der Waals surface area contributed by atoms with Crippen molar-refractivity contribution in [3.63, 3.8) is 0 Å². The molecule has 2 rings (SSSR count). The van der Waals surface area contributed by atoms with Crippen molar-refractivity contribution in [3.05, 3.63) is 15.4 Å². The molecule has 1 aromatic rings. The SMILES string of the molecule is CCC1CCC(CNS(=O)(=O)c2sc(=O)[nH]c2C)CC1. The lowest BCUT2D eigenvalue weighted by atomic mass is 9.81. The van der Waals surface area contributed by atoms with Crippen LogP contribution >= 0.6 is 11.3 Å². The molecule has 0 aliphatic heterocycles. The Bertz CT molecular complexity index is 595. The Kier molecular flexibility index (Phi) is 5.04. The molecule has 0 radical (unpaired) electrons. The molecular weight excluding hydrogens is 296 g/mol. The van der Waals surface area contributed by atoms with Crippen LogP contribution in [0.25, 0.3) is 0 Å². The minimum atomic E-state index is -3.55. The van der Waals surface area contributed by atoms with Crippen molar-refractivity contribution < 1.29 is 8.42 Å². The predicted molar refractivity (Wildman–Crippen MR) is 80.6 cm³/mol. The van der Waals surface area contributed by atoms with Crippen LogP contribution in [0.5, 0.6) is 0 Å². The Morgan fingerprint density at radius 2 is 1.85 bits per heavy atom. The molecule has 0 spiro atoms. The molecule has 7 heteroatoms. The second-order valence-electron chi connectivity index (χ2n) is 5.57. The molecule has 1 aliphatic rings. The van der Waals surface area contributed by atoms with E-state index in [9.17, 15) is 13.2 Å². The summed E-state index contributed by atoms with van der Waals surface area (Å²) in [4.78, 5) is 13.4. The predicted octanol–water partition coefficient (Wildman–Crippen LogP) is 2.24. The third-order valence-electron chi connectivity index (χ3n) is 4.13. The lowest BCUT2D eigenvalue weighted by Gasteiger charge is -2.27. The molecule has 0 bridgehead atoms. The molecule has 1 saturated carbocycles. The summed E-state index contributed by atoms with van der Waals surface area (Å²) in [6, 6.07) is 0. The first kappa shape index (κ1) is 15.7. The van der Waals surface area contributed by atoms with Gasteiger partial charge in [-0.1, -0.05) is 37.5 Å². The standard InChI is InChI=1S/C13H22N2O3S2/c1-3-10-4-6-11(7-5-10)8-14-20(17,18)12-9(2)15-13(16)19-12/h10-11,14H,3-8H2,1-2H3,(H,15,16). The summed E-state index contributed by atoms with van der Waals surface area (Å²) in [6.07, 6.45) is 5.78. The first-order valence-electron chi connectivity index (χ1n) is 7.11. The maximum absolute atomic E-state index is 12.2. The third kappa shape index (κ3) is 3.71. The fraction of sp³-hybridized carbons (Fsp3) is 0.769. The van der Waals surface area contributed by atoms with Crippen LogP contribution in [0, 0.1) is 18.8 Å². The molecule has 1 fully saturated rings. The summed E-state index contributed by atoms with van der Waals surface area (Å²) in [5.41, 5.74) is 0.419. The largest absolute Gasteiger partial charge is 0.315 e. The van der Waals surface area contributed by atoms with E-state index in [1.54, 1.807) is 6.92 Å². The number of rotatable bonds is 5. The van der Waals surface area contributed by atoms with Crippen LogP contribution in [0.2, 0.25) is 0 Å². The van der Waals surface area contributed by atoms with Crippen LogP contribution in [0.1, 0.15) is 44.7 Å². The Labute approximate surface area is 123 Å². The van der Waals surface area contributed by atoms with Crippen LogP contribution < -0.4 is 9.60 Å². The van der Waals surface area contributed by atoms with Gasteiger partial charge in [-0.2, -0.15) is 0 Å². The van der Waals surface area contributed by atoms with Crippen molar-refractivity contribution in [3.8, 4) is 0 Å². The minimum Gasteiger partial charge on any atom is -0.315 e. The molecule has 0 aromatic carbocycles. The van der Waals surface area contributed by atoms with E-state index in [1.165, 1.54) is 19.3 Å². The van der Waals surface area contributed by atoms with Gasteiger partial charge in [0.25, 0.3) is 10.0 Å². The van der Waals surface area contributed by atoms with Gasteiger partial charge in [-0.25, -0.2) is 13.1 Å². The number of nitrogens with one attached hydrogen (secondary N) is 2. The molecule has 20 heavy (non-hydrogen) atoms. The highest BCUT2D eigenvalue weighted by molar-refractivity contribution is 7.91. The van der Waals surface area contributed by atoms with Crippen LogP contribution in [-0.2, 0) is 10.0 Å². The highest BCUT2D eigenvalue weighted by Gasteiger charge is 2.24. The highest BCUT2D eigenvalue weighted by atomic mass is 32.2. The maximum atomic E-state index is 12.2. The normalized spacial score (nSPS) is 23.9. The van der Waals surface area contributed by atoms with E-state index in [0.717, 1.165) is 30.1 Å². The fourth-order valence-corrected chi connectivity index (χ4v) is 5.24. The lowest BCUT2D eigenvalue weighted by Crippen LogP contribution is -2.31. The van der Waals surface area contributed by atoms with Crippen molar-refractivity contribution in [1.82, 2.24) is 9.71 Å². The van der Waals surface area contributed by atoms with Gasteiger partial charge in [-0.15, -0.1) is 0 Å². The van der Waals surface area contributed by atoms with E-state index in [4.69, 9.17) is 0 Å². The molecule has 0 amide bonds. The number of hydrogen-bond acceptors (Lipinski definition) is 4. The smallest absolute Gasteiger partial charge is 0.305 e. The summed E-state index contributed by atoms with van der Waals surface area (Å²) in [7, 11) is -3.55. The quantitative estimate of drug-likeness (QED) is 0.874. The number of thiazole rings is 1. The van der Waals surface area contributed by atoms with Crippen LogP contribution in [0.3, 0.4) is 0 Å². The first-order valence-corrected chi connectivity index (χ1v) is 9.41. The zero-order valence-electron chi connectivity index (χ0n) is 11.9. The van der Waals surface area contributed by atoms with Crippen molar-refractivity contribution in [1.29, 1.82) is 0 Å². The monoisotopic (exact) mass is 318 g/mol. The highest BCUT2D eigenvalue weighted by Crippen LogP contribution is 2.30. The van der Waals surface area contributed by atoms with E-state index in [0.29, 0.717) is 18.2 Å². The van der Waals surface area contributed by atoms with Gasteiger partial charge in [-0.3, -0.25) is 4.79 Å². The first-order chi connectivity index (χ1) is 9.42. The molecule has 114 valence electrons. The molecule has 5 nitrogen and oxygen atoms in total. The summed E-state index contributed by atoms with van der Waals surface area (Å²) >= 11 is 0.750. The van der Waals surface area contributed by atoms with Crippen LogP contribution in [0.15, 0.2) is 9.00 Å². The number of hydrogen-bond donors (Lipinski definition) is 2. The topological polar surface area (TPSA) is 79.0 Å². The second-order valence-corrected chi connectivity index (χ2v) is 8.52. The summed E-state index contributed by atoms with van der Waals surface area (Å²) in [5.74, 6) is 1.23. The summed E-state index contributed by atoms with van der Waals surface area (Å²) < 4.78 is 27.1. The maximum Gasteiger partial charge on any atom is 0.305 e. The van der Waals surface area contributed by atoms with E-state index in [1.807, 2.05) is 0 Å². The molecule has 1 heterocycles. The molecule has 0 atom stereocenters. The Morgan fingerprint density at radius 1 is 1.25 bits per heavy atom. The number of aromatic nitrogens is 1. The van der Waals surface area contributed by atoms with E-state index < -0.39 is 10.0 Å². The van der Waals surface area contributed by atoms with Gasteiger partial charge >= 0.3 is 4.87 Å². The summed E-state index contributed by atoms with van der Waals surface area (Å²) in [5, 5.41) is 0. The van der Waals surface area contributed by atoms with E-state index >= 15 is 0 Å². The second kappa shape index (κ2) is 6.41. The van der Waals surface area contributed by atoms with Gasteiger partial charge in [0, 0.05) is 12.2 Å². The van der Waals surface area contributed by atoms with Crippen molar-refractivity contribution >= 4 is 21.4 Å². The molecule has 1 aliphatic carbocycles. The van der Waals surface area contributed by atoms with Crippen molar-refractivity contribution in [2.24, 2.45) is 11.8 Å². The number of aromatic amines is 1. The fourth-order valence-electron chi connectivity index (χ4n) is 2.78. The molecule has 1 aromatic heterocycles. The zero-order valence-corrected chi connectivity index (χ0v) is 13.6. The van der Waals surface area contributed by atoms with Crippen LogP contribution in [0.4, 0.5) is 0 Å². The molecular formula is C13H22N2O3S2. The molecule has 2 N–H and O–H groups in total. The molecule has 0 unspecified atom stereocenters. The van der Waals surface area contributed by atoms with Crippen molar-refractivity contribution in [2.75, 3.05) is 6.54 Å². The summed E-state index contributed by atoms with van der Waals surface area (Å²) in [6.45, 7) is 4.30. The van der Waals surface area contributed by atoms with E-state index in [-0.39, 0.29) is 9.08 Å². The average molecular weight is 318 g/mol. The molecule has 0 saturated heterocycles. The van der Waals surface area contributed by atoms with Gasteiger partial charge < -0.3 is 4.98 Å². The van der Waals surface area contributed by atoms with Gasteiger partial charge in [0.15, 0.2) is 4.21 Å². The number of sulfonamides is 1. The van der Waals surface area contributed by atoms with Crippen LogP contribution in [-0.4, -0.2) is 19.9 Å². The number of H-pyrrole nitrogens is 1. The number of aryl methyl sites for hydroxylation is 1.